The second-order valence-electron chi connectivity index (χ2n) is 2.84. The monoisotopic (exact) mass is 200 g/mol. The van der Waals surface area contributed by atoms with Gasteiger partial charge in [0.05, 0.1) is 0 Å². The summed E-state index contributed by atoms with van der Waals surface area (Å²) in [7, 11) is -0.847. The van der Waals surface area contributed by atoms with Crippen LogP contribution >= 0.6 is 8.58 Å². The van der Waals surface area contributed by atoms with E-state index in [1.54, 1.807) is 0 Å². The fraction of sp³-hybridized carbons (Fsp3) is 1.00. The molecule has 0 aliphatic rings. The first-order chi connectivity index (χ1) is 5.56. The summed E-state index contributed by atoms with van der Waals surface area (Å²) in [6.45, 7) is 2.09. The molecule has 0 N–H and O–H groups in total. The van der Waals surface area contributed by atoms with Crippen molar-refractivity contribution in [3.05, 3.63) is 0 Å². The van der Waals surface area contributed by atoms with Gasteiger partial charge in [0.15, 0.2) is 0 Å². The van der Waals surface area contributed by atoms with Crippen LogP contribution < -0.4 is 0 Å². The van der Waals surface area contributed by atoms with Crippen LogP contribution in [0.3, 0.4) is 0 Å². The molecule has 0 radical (unpaired) electrons. The zero-order chi connectivity index (χ0) is 9.45. The van der Waals surface area contributed by atoms with Crippen LogP contribution in [0.15, 0.2) is 0 Å². The first kappa shape index (κ1) is 12.2. The van der Waals surface area contributed by atoms with E-state index in [0.717, 1.165) is 32.1 Å². The Morgan fingerprint density at radius 3 is 2.08 bits per heavy atom. The van der Waals surface area contributed by atoms with Gasteiger partial charge in [-0.25, -0.2) is 0 Å². The first-order valence-corrected chi connectivity index (χ1v) is 5.58. The number of rotatable bonds is 6. The molecule has 0 saturated heterocycles. The third kappa shape index (κ3) is 10.2. The predicted octanol–water partition coefficient (Wildman–Crippen LogP) is 4.16. The normalized spacial score (nSPS) is 13.0. The Morgan fingerprint density at radius 1 is 1.00 bits per heavy atom. The zero-order valence-electron chi connectivity index (χ0n) is 7.38. The van der Waals surface area contributed by atoms with Gasteiger partial charge in [-0.2, -0.15) is 13.2 Å². The third-order valence-electron chi connectivity index (χ3n) is 1.61. The molecule has 0 fully saturated rings. The highest BCUT2D eigenvalue weighted by atomic mass is 31.1. The minimum Gasteiger partial charge on any atom is -0.167 e. The van der Waals surface area contributed by atoms with Crippen LogP contribution in [0.25, 0.3) is 0 Å². The van der Waals surface area contributed by atoms with Gasteiger partial charge < -0.3 is 0 Å². The van der Waals surface area contributed by atoms with Gasteiger partial charge in [-0.1, -0.05) is 32.6 Å². The molecule has 0 saturated carbocycles. The van der Waals surface area contributed by atoms with Crippen LogP contribution in [0.4, 0.5) is 13.2 Å². The molecule has 4 heteroatoms. The van der Waals surface area contributed by atoms with Crippen molar-refractivity contribution in [2.45, 2.75) is 44.9 Å². The van der Waals surface area contributed by atoms with Crippen LogP contribution in [0, 0.1) is 0 Å². The van der Waals surface area contributed by atoms with Crippen molar-refractivity contribution in [2.24, 2.45) is 0 Å². The number of halogens is 3. The number of hydrogen-bond donors (Lipinski definition) is 0. The second kappa shape index (κ2) is 6.71. The van der Waals surface area contributed by atoms with Crippen molar-refractivity contribution in [1.29, 1.82) is 0 Å². The summed E-state index contributed by atoms with van der Waals surface area (Å²) in [4.78, 5) is 0. The minimum absolute atomic E-state index is 0.327. The summed E-state index contributed by atoms with van der Waals surface area (Å²) in [6.07, 6.45) is 5.39. The second-order valence-corrected chi connectivity index (χ2v) is 4.26. The van der Waals surface area contributed by atoms with E-state index < -0.39 is 14.5 Å². The summed E-state index contributed by atoms with van der Waals surface area (Å²) < 4.78 is 34.9. The number of hydrogen-bond acceptors (Lipinski definition) is 0. The van der Waals surface area contributed by atoms with E-state index in [2.05, 4.69) is 6.92 Å². The molecule has 0 aromatic rings. The standard InChI is InChI=1S/C8H16F3P/c1-2-3-4-5-6-7-12-8(9,10)11/h12H,2-7H2,1H3. The maximum absolute atomic E-state index is 11.6. The Balaban J connectivity index is 3.01. The summed E-state index contributed by atoms with van der Waals surface area (Å²) >= 11 is 0. The topological polar surface area (TPSA) is 0 Å². The molecule has 0 amide bonds. The van der Waals surface area contributed by atoms with E-state index in [0.29, 0.717) is 6.16 Å². The van der Waals surface area contributed by atoms with Crippen LogP contribution in [0.2, 0.25) is 0 Å². The Bertz CT molecular complexity index is 101. The van der Waals surface area contributed by atoms with E-state index in [1.807, 2.05) is 0 Å². The lowest BCUT2D eigenvalue weighted by atomic mass is 10.2. The quantitative estimate of drug-likeness (QED) is 0.446. The highest BCUT2D eigenvalue weighted by molar-refractivity contribution is 7.39. The molecule has 1 unspecified atom stereocenters. The van der Waals surface area contributed by atoms with Gasteiger partial charge in [0.1, 0.15) is 0 Å². The van der Waals surface area contributed by atoms with Gasteiger partial charge in [0.25, 0.3) is 0 Å². The molecule has 0 nitrogen and oxygen atoms in total. The highest BCUT2D eigenvalue weighted by Crippen LogP contribution is 2.36. The molecular weight excluding hydrogens is 184 g/mol. The maximum atomic E-state index is 11.6. The molecule has 12 heavy (non-hydrogen) atoms. The molecule has 0 aliphatic heterocycles. The Labute approximate surface area is 73.7 Å². The van der Waals surface area contributed by atoms with Gasteiger partial charge in [-0.3, -0.25) is 0 Å². The molecule has 74 valence electrons. The molecule has 0 spiro atoms. The van der Waals surface area contributed by atoms with Gasteiger partial charge in [0, 0.05) is 0 Å². The van der Waals surface area contributed by atoms with Crippen molar-refractivity contribution in [2.75, 3.05) is 6.16 Å². The summed E-state index contributed by atoms with van der Waals surface area (Å²) in [6, 6.07) is 0. The first-order valence-electron chi connectivity index (χ1n) is 4.38. The van der Waals surface area contributed by atoms with E-state index in [1.165, 1.54) is 0 Å². The molecule has 0 heterocycles. The average molecular weight is 200 g/mol. The molecular formula is C8H16F3P. The largest absolute Gasteiger partial charge is 0.402 e. The molecule has 0 aromatic heterocycles. The lowest BCUT2D eigenvalue weighted by Crippen LogP contribution is -1.98. The van der Waals surface area contributed by atoms with E-state index in [9.17, 15) is 13.2 Å². The molecule has 0 aliphatic carbocycles. The summed E-state index contributed by atoms with van der Waals surface area (Å²) in [5.41, 5.74) is 0. The molecule has 0 aromatic carbocycles. The smallest absolute Gasteiger partial charge is 0.167 e. The van der Waals surface area contributed by atoms with Gasteiger partial charge in [-0.05, 0) is 21.2 Å². The van der Waals surface area contributed by atoms with E-state index in [4.69, 9.17) is 0 Å². The Morgan fingerprint density at radius 2 is 1.58 bits per heavy atom. The van der Waals surface area contributed by atoms with Crippen LogP contribution in [0.1, 0.15) is 39.0 Å². The van der Waals surface area contributed by atoms with Crippen LogP contribution in [-0.2, 0) is 0 Å². The lowest BCUT2D eigenvalue weighted by molar-refractivity contribution is -0.0371. The summed E-state index contributed by atoms with van der Waals surface area (Å²) in [5.74, 6) is -3.93. The van der Waals surface area contributed by atoms with Crippen molar-refractivity contribution in [3.63, 3.8) is 0 Å². The van der Waals surface area contributed by atoms with Crippen LogP contribution in [-0.4, -0.2) is 12.1 Å². The predicted molar refractivity (Wildman–Crippen MR) is 48.0 cm³/mol. The van der Waals surface area contributed by atoms with Crippen LogP contribution in [0.5, 0.6) is 0 Å². The molecule has 1 atom stereocenters. The minimum atomic E-state index is -3.93. The molecule has 0 bridgehead atoms. The van der Waals surface area contributed by atoms with E-state index in [-0.39, 0.29) is 0 Å². The average Bonchev–Trinajstić information content (AvgIpc) is 1.94. The summed E-state index contributed by atoms with van der Waals surface area (Å²) in [5, 5.41) is 0. The lowest BCUT2D eigenvalue weighted by Gasteiger charge is -2.05. The Hall–Kier alpha value is 0.220. The maximum Gasteiger partial charge on any atom is 0.402 e. The number of unbranched alkanes of at least 4 members (excludes halogenated alkanes) is 4. The van der Waals surface area contributed by atoms with Crippen molar-refractivity contribution in [3.8, 4) is 0 Å². The fourth-order valence-corrected chi connectivity index (χ4v) is 1.67. The van der Waals surface area contributed by atoms with Crippen molar-refractivity contribution >= 4 is 8.58 Å². The number of alkyl halides is 3. The molecule has 0 rings (SSSR count). The van der Waals surface area contributed by atoms with Gasteiger partial charge in [-0.15, -0.1) is 0 Å². The zero-order valence-corrected chi connectivity index (χ0v) is 8.38. The highest BCUT2D eigenvalue weighted by Gasteiger charge is 2.25. The third-order valence-corrected chi connectivity index (χ3v) is 2.61. The van der Waals surface area contributed by atoms with Crippen molar-refractivity contribution < 1.29 is 13.2 Å². The SMILES string of the molecule is CCCCCCCPC(F)(F)F. The van der Waals surface area contributed by atoms with Gasteiger partial charge >= 0.3 is 5.92 Å². The van der Waals surface area contributed by atoms with Crippen molar-refractivity contribution in [1.82, 2.24) is 0 Å². The van der Waals surface area contributed by atoms with Gasteiger partial charge in [0.2, 0.25) is 0 Å². The Kier molecular flexibility index (Phi) is 6.83. The fourth-order valence-electron chi connectivity index (χ4n) is 0.959. The van der Waals surface area contributed by atoms with E-state index >= 15 is 0 Å².